The molecule has 1 heterocycles. The highest BCUT2D eigenvalue weighted by Crippen LogP contribution is 2.20. The summed E-state index contributed by atoms with van der Waals surface area (Å²) in [4.78, 5) is 28.3. The number of benzene rings is 2. The predicted octanol–water partition coefficient (Wildman–Crippen LogP) is 4.00. The van der Waals surface area contributed by atoms with Crippen molar-refractivity contribution in [1.82, 2.24) is 9.80 Å². The molecule has 1 fully saturated rings. The molecule has 0 aliphatic carbocycles. The van der Waals surface area contributed by atoms with Crippen LogP contribution in [0.3, 0.4) is 0 Å². The lowest BCUT2D eigenvalue weighted by Gasteiger charge is -2.35. The molecule has 5 nitrogen and oxygen atoms in total. The summed E-state index contributed by atoms with van der Waals surface area (Å²) in [5.74, 6) is -0.0483. The van der Waals surface area contributed by atoms with Crippen molar-refractivity contribution in [3.8, 4) is 5.75 Å². The molecule has 0 unspecified atom stereocenters. The van der Waals surface area contributed by atoms with Gasteiger partial charge in [-0.1, -0.05) is 33.6 Å². The number of hydrogen-bond acceptors (Lipinski definition) is 3. The van der Waals surface area contributed by atoms with Crippen molar-refractivity contribution in [3.05, 3.63) is 63.3 Å². The topological polar surface area (TPSA) is 49.9 Å². The van der Waals surface area contributed by atoms with E-state index in [1.807, 2.05) is 24.3 Å². The van der Waals surface area contributed by atoms with E-state index in [1.165, 1.54) is 12.1 Å². The molecule has 0 radical (unpaired) electrons. The minimum absolute atomic E-state index is 0.0121. The molecule has 2 amide bonds. The van der Waals surface area contributed by atoms with Crippen molar-refractivity contribution in [2.24, 2.45) is 0 Å². The second-order valence-electron chi connectivity index (χ2n) is 6.35. The molecular formula is C20H19BrClFN2O3. The summed E-state index contributed by atoms with van der Waals surface area (Å²) < 4.78 is 19.7. The molecule has 2 aromatic rings. The maximum atomic E-state index is 13.2. The average molecular weight is 470 g/mol. The predicted molar refractivity (Wildman–Crippen MR) is 108 cm³/mol. The van der Waals surface area contributed by atoms with Gasteiger partial charge in [-0.2, -0.15) is 0 Å². The van der Waals surface area contributed by atoms with Crippen molar-refractivity contribution < 1.29 is 18.7 Å². The number of rotatable bonds is 5. The molecule has 2 aromatic carbocycles. The van der Waals surface area contributed by atoms with Gasteiger partial charge < -0.3 is 14.5 Å². The molecule has 28 heavy (non-hydrogen) atoms. The van der Waals surface area contributed by atoms with E-state index in [1.54, 1.807) is 9.80 Å². The van der Waals surface area contributed by atoms with E-state index in [4.69, 9.17) is 16.3 Å². The van der Waals surface area contributed by atoms with Crippen LogP contribution in [0.25, 0.3) is 0 Å². The van der Waals surface area contributed by atoms with Crippen LogP contribution in [-0.2, 0) is 4.79 Å². The molecule has 0 bridgehead atoms. The van der Waals surface area contributed by atoms with Crippen LogP contribution in [0.5, 0.6) is 5.75 Å². The van der Waals surface area contributed by atoms with E-state index in [2.05, 4.69) is 15.9 Å². The zero-order chi connectivity index (χ0) is 20.1. The van der Waals surface area contributed by atoms with E-state index >= 15 is 0 Å². The summed E-state index contributed by atoms with van der Waals surface area (Å²) in [6.07, 6.45) is 0.268. The van der Waals surface area contributed by atoms with Gasteiger partial charge in [-0.3, -0.25) is 9.59 Å². The Bertz CT molecular complexity index is 872. The second-order valence-corrected chi connectivity index (χ2v) is 7.68. The van der Waals surface area contributed by atoms with E-state index < -0.39 is 5.82 Å². The van der Waals surface area contributed by atoms with Gasteiger partial charge in [0.05, 0.1) is 23.6 Å². The van der Waals surface area contributed by atoms with Crippen LogP contribution in [0.2, 0.25) is 5.02 Å². The number of halogens is 3. The number of piperazine rings is 1. The monoisotopic (exact) mass is 468 g/mol. The molecule has 8 heteroatoms. The number of ether oxygens (including phenoxy) is 1. The molecule has 0 spiro atoms. The van der Waals surface area contributed by atoms with Gasteiger partial charge in [-0.25, -0.2) is 4.39 Å². The minimum Gasteiger partial charge on any atom is -0.493 e. The Balaban J connectivity index is 1.46. The fourth-order valence-electron chi connectivity index (χ4n) is 2.96. The number of carbonyl (C=O) groups is 2. The van der Waals surface area contributed by atoms with Crippen LogP contribution < -0.4 is 4.74 Å². The molecule has 148 valence electrons. The van der Waals surface area contributed by atoms with Crippen molar-refractivity contribution in [2.75, 3.05) is 32.8 Å². The Morgan fingerprint density at radius 3 is 2.46 bits per heavy atom. The largest absolute Gasteiger partial charge is 0.493 e. The van der Waals surface area contributed by atoms with Gasteiger partial charge in [0, 0.05) is 30.7 Å². The SMILES string of the molecule is O=C(CCOc1cccc(Br)c1)N1CCN(C(=O)c2ccc(F)cc2Cl)CC1. The van der Waals surface area contributed by atoms with Gasteiger partial charge in [-0.15, -0.1) is 0 Å². The van der Waals surface area contributed by atoms with Crippen LogP contribution in [0.1, 0.15) is 16.8 Å². The van der Waals surface area contributed by atoms with Crippen LogP contribution >= 0.6 is 27.5 Å². The standard InChI is InChI=1S/C20H19BrClFN2O3/c21-14-2-1-3-16(12-14)28-11-6-19(26)24-7-9-25(10-8-24)20(27)17-5-4-15(23)13-18(17)22/h1-5,12-13H,6-11H2. The summed E-state index contributed by atoms with van der Waals surface area (Å²) in [7, 11) is 0. The Labute approximate surface area is 176 Å². The Morgan fingerprint density at radius 1 is 1.07 bits per heavy atom. The minimum atomic E-state index is -0.484. The van der Waals surface area contributed by atoms with Crippen molar-refractivity contribution >= 4 is 39.3 Å². The maximum Gasteiger partial charge on any atom is 0.255 e. The van der Waals surface area contributed by atoms with Gasteiger partial charge in [0.25, 0.3) is 5.91 Å². The molecular weight excluding hydrogens is 451 g/mol. The molecule has 3 rings (SSSR count). The van der Waals surface area contributed by atoms with Gasteiger partial charge in [0.1, 0.15) is 11.6 Å². The van der Waals surface area contributed by atoms with Crippen molar-refractivity contribution in [2.45, 2.75) is 6.42 Å². The van der Waals surface area contributed by atoms with Gasteiger partial charge in [0.15, 0.2) is 0 Å². The lowest BCUT2D eigenvalue weighted by Crippen LogP contribution is -2.50. The van der Waals surface area contributed by atoms with E-state index in [0.29, 0.717) is 38.5 Å². The zero-order valence-corrected chi connectivity index (χ0v) is 17.4. The van der Waals surface area contributed by atoms with Gasteiger partial charge >= 0.3 is 0 Å². The third-order valence-electron chi connectivity index (χ3n) is 4.46. The third-order valence-corrected chi connectivity index (χ3v) is 5.27. The molecule has 1 aliphatic rings. The van der Waals surface area contributed by atoms with Crippen LogP contribution in [0.4, 0.5) is 4.39 Å². The number of amides is 2. The first-order chi connectivity index (χ1) is 13.4. The molecule has 0 aromatic heterocycles. The summed E-state index contributed by atoms with van der Waals surface area (Å²) >= 11 is 9.34. The first-order valence-electron chi connectivity index (χ1n) is 8.84. The molecule has 1 saturated heterocycles. The van der Waals surface area contributed by atoms with Gasteiger partial charge in [-0.05, 0) is 36.4 Å². The smallest absolute Gasteiger partial charge is 0.255 e. The highest BCUT2D eigenvalue weighted by atomic mass is 79.9. The van der Waals surface area contributed by atoms with Gasteiger partial charge in [0.2, 0.25) is 5.91 Å². The van der Waals surface area contributed by atoms with E-state index in [0.717, 1.165) is 10.5 Å². The number of hydrogen-bond donors (Lipinski definition) is 0. The fraction of sp³-hybridized carbons (Fsp3) is 0.300. The van der Waals surface area contributed by atoms with Crippen LogP contribution in [-0.4, -0.2) is 54.4 Å². The molecule has 0 atom stereocenters. The Kier molecular flexibility index (Phi) is 6.91. The molecule has 1 aliphatic heterocycles. The fourth-order valence-corrected chi connectivity index (χ4v) is 3.59. The normalized spacial score (nSPS) is 14.1. The quantitative estimate of drug-likeness (QED) is 0.665. The van der Waals surface area contributed by atoms with E-state index in [9.17, 15) is 14.0 Å². The zero-order valence-electron chi connectivity index (χ0n) is 15.0. The van der Waals surface area contributed by atoms with E-state index in [-0.39, 0.29) is 28.8 Å². The summed E-state index contributed by atoms with van der Waals surface area (Å²) in [6.45, 7) is 2.00. The Morgan fingerprint density at radius 2 is 1.79 bits per heavy atom. The third kappa shape index (κ3) is 5.23. The highest BCUT2D eigenvalue weighted by molar-refractivity contribution is 9.10. The van der Waals surface area contributed by atoms with Crippen molar-refractivity contribution in [3.63, 3.8) is 0 Å². The Hall–Kier alpha value is -2.12. The number of nitrogens with zero attached hydrogens (tertiary/aromatic N) is 2. The molecule has 0 saturated carbocycles. The maximum absolute atomic E-state index is 13.2. The lowest BCUT2D eigenvalue weighted by molar-refractivity contribution is -0.133. The van der Waals surface area contributed by atoms with Crippen LogP contribution in [0.15, 0.2) is 46.9 Å². The summed E-state index contributed by atoms with van der Waals surface area (Å²) in [5.41, 5.74) is 0.269. The lowest BCUT2D eigenvalue weighted by atomic mass is 10.1. The second kappa shape index (κ2) is 9.39. The average Bonchev–Trinajstić information content (AvgIpc) is 2.67. The van der Waals surface area contributed by atoms with Crippen LogP contribution in [0, 0.1) is 5.82 Å². The number of carbonyl (C=O) groups excluding carboxylic acids is 2. The highest BCUT2D eigenvalue weighted by Gasteiger charge is 2.25. The summed E-state index contributed by atoms with van der Waals surface area (Å²) in [6, 6.07) is 11.2. The first kappa shape index (κ1) is 20.6. The molecule has 0 N–H and O–H groups in total. The van der Waals surface area contributed by atoms with Crippen molar-refractivity contribution in [1.29, 1.82) is 0 Å². The first-order valence-corrected chi connectivity index (χ1v) is 10.0. The summed E-state index contributed by atoms with van der Waals surface area (Å²) in [5, 5.41) is 0.0909.